The average Bonchev–Trinajstić information content (AvgIpc) is 3.62. The fourth-order valence-corrected chi connectivity index (χ4v) is 3.64. The normalized spacial score (nSPS) is 13.4. The van der Waals surface area contributed by atoms with E-state index in [2.05, 4.69) is 19.8 Å². The number of benzene rings is 2. The van der Waals surface area contributed by atoms with E-state index in [1.54, 1.807) is 6.92 Å². The zero-order chi connectivity index (χ0) is 27.4. The second kappa shape index (κ2) is 12.9. The van der Waals surface area contributed by atoms with Crippen LogP contribution in [-0.4, -0.2) is 37.2 Å². The molecule has 0 unspecified atom stereocenters. The number of esters is 1. The first-order valence-corrected chi connectivity index (χ1v) is 11.8. The largest absolute Gasteiger partial charge is 0.489 e. The topological polar surface area (TPSA) is 126 Å². The molecule has 39 heavy (non-hydrogen) atoms. The van der Waals surface area contributed by atoms with Gasteiger partial charge in [-0.3, -0.25) is 4.79 Å². The number of nitrogens with one attached hydrogen (secondary N) is 1. The van der Waals surface area contributed by atoms with Gasteiger partial charge in [-0.05, 0) is 56.0 Å². The Morgan fingerprint density at radius 2 is 1.90 bits per heavy atom. The van der Waals surface area contributed by atoms with Gasteiger partial charge in [-0.1, -0.05) is 6.07 Å². The van der Waals surface area contributed by atoms with Gasteiger partial charge in [0.2, 0.25) is 5.89 Å². The average molecular weight is 570 g/mol. The maximum Gasteiger partial charge on any atom is 0.387 e. The summed E-state index contributed by atoms with van der Waals surface area (Å²) in [6.45, 7) is -1.17. The van der Waals surface area contributed by atoms with Crippen molar-refractivity contribution in [3.05, 3.63) is 64.8 Å². The van der Waals surface area contributed by atoms with Gasteiger partial charge in [-0.25, -0.2) is 14.2 Å². The Bertz CT molecular complexity index is 1330. The summed E-state index contributed by atoms with van der Waals surface area (Å²) < 4.78 is 61.0. The highest BCUT2D eigenvalue weighted by atomic mass is 35.5. The van der Waals surface area contributed by atoms with Crippen molar-refractivity contribution in [2.24, 2.45) is 11.7 Å². The number of nitrogens with zero attached hydrogens (tertiary/aromatic N) is 1. The van der Waals surface area contributed by atoms with Gasteiger partial charge < -0.3 is 29.7 Å². The predicted octanol–water partition coefficient (Wildman–Crippen LogP) is 5.03. The number of halogens is 4. The lowest BCUT2D eigenvalue weighted by molar-refractivity contribution is -0.0515. The number of hydrogen-bond donors (Lipinski definition) is 2. The first-order chi connectivity index (χ1) is 18.2. The molecule has 210 valence electrons. The highest BCUT2D eigenvalue weighted by Gasteiger charge is 2.25. The number of hydrogen-bond acceptors (Lipinski definition) is 8. The lowest BCUT2D eigenvalue weighted by atomic mass is 10.1. The van der Waals surface area contributed by atoms with Crippen LogP contribution >= 0.6 is 12.4 Å². The van der Waals surface area contributed by atoms with Crippen molar-refractivity contribution in [3.63, 3.8) is 0 Å². The monoisotopic (exact) mass is 569 g/mol. The molecule has 9 nitrogen and oxygen atoms in total. The van der Waals surface area contributed by atoms with E-state index in [1.807, 2.05) is 0 Å². The molecule has 0 spiro atoms. The predicted molar refractivity (Wildman–Crippen MR) is 136 cm³/mol. The van der Waals surface area contributed by atoms with Crippen LogP contribution in [0.25, 0.3) is 11.5 Å². The molecule has 4 rings (SSSR count). The molecule has 0 saturated heterocycles. The van der Waals surface area contributed by atoms with E-state index in [-0.39, 0.29) is 58.9 Å². The van der Waals surface area contributed by atoms with Crippen LogP contribution < -0.4 is 20.5 Å². The number of oxazole rings is 1. The molecule has 0 radical (unpaired) electrons. The van der Waals surface area contributed by atoms with Gasteiger partial charge in [-0.15, -0.1) is 12.4 Å². The molecule has 1 heterocycles. The molecule has 3 N–H and O–H groups in total. The van der Waals surface area contributed by atoms with Crippen LogP contribution in [-0.2, 0) is 11.3 Å². The minimum Gasteiger partial charge on any atom is -0.489 e. The van der Waals surface area contributed by atoms with Crippen LogP contribution in [0.15, 0.2) is 40.8 Å². The van der Waals surface area contributed by atoms with E-state index in [0.717, 1.165) is 20.0 Å². The molecule has 2 aromatic carbocycles. The summed E-state index contributed by atoms with van der Waals surface area (Å²) in [5.41, 5.74) is 5.99. The van der Waals surface area contributed by atoms with Crippen molar-refractivity contribution in [3.8, 4) is 23.0 Å². The Balaban J connectivity index is 0.00000420. The van der Waals surface area contributed by atoms with Gasteiger partial charge in [0.15, 0.2) is 11.5 Å². The number of amides is 1. The van der Waals surface area contributed by atoms with Crippen molar-refractivity contribution in [1.29, 1.82) is 0 Å². The molecule has 1 saturated carbocycles. The van der Waals surface area contributed by atoms with E-state index in [9.17, 15) is 22.8 Å². The van der Waals surface area contributed by atoms with Crippen LogP contribution in [0.3, 0.4) is 0 Å². The van der Waals surface area contributed by atoms with Crippen molar-refractivity contribution in [1.82, 2.24) is 10.3 Å². The molecule has 1 fully saturated rings. The smallest absolute Gasteiger partial charge is 0.387 e. The molecule has 1 aliphatic carbocycles. The van der Waals surface area contributed by atoms with Crippen molar-refractivity contribution >= 4 is 24.3 Å². The lowest BCUT2D eigenvalue weighted by Gasteiger charge is -2.12. The number of rotatable bonds is 11. The summed E-state index contributed by atoms with van der Waals surface area (Å²) in [5.74, 6) is -1.98. The first-order valence-electron chi connectivity index (χ1n) is 11.8. The van der Waals surface area contributed by atoms with Gasteiger partial charge in [-0.2, -0.15) is 8.78 Å². The molecule has 3 aromatic rings. The van der Waals surface area contributed by atoms with Crippen molar-refractivity contribution < 1.29 is 41.4 Å². The van der Waals surface area contributed by atoms with Gasteiger partial charge in [0.25, 0.3) is 5.91 Å². The highest BCUT2D eigenvalue weighted by Crippen LogP contribution is 2.37. The number of alkyl halides is 2. The van der Waals surface area contributed by atoms with Crippen LogP contribution in [0.5, 0.6) is 11.5 Å². The van der Waals surface area contributed by atoms with E-state index < -0.39 is 30.3 Å². The van der Waals surface area contributed by atoms with E-state index >= 15 is 0 Å². The fourth-order valence-electron chi connectivity index (χ4n) is 3.64. The minimum atomic E-state index is -3.02. The quantitative estimate of drug-likeness (QED) is 0.308. The van der Waals surface area contributed by atoms with Gasteiger partial charge in [0.1, 0.15) is 17.3 Å². The van der Waals surface area contributed by atoms with Gasteiger partial charge in [0.05, 0.1) is 37.4 Å². The zero-order valence-corrected chi connectivity index (χ0v) is 21.9. The summed E-state index contributed by atoms with van der Waals surface area (Å²) in [6, 6.07) is 7.46. The molecule has 13 heteroatoms. The zero-order valence-electron chi connectivity index (χ0n) is 21.0. The Labute approximate surface area is 228 Å². The molecule has 0 bridgehead atoms. The Morgan fingerprint density at radius 1 is 1.18 bits per heavy atom. The summed E-state index contributed by atoms with van der Waals surface area (Å²) in [4.78, 5) is 28.8. The second-order valence-corrected chi connectivity index (χ2v) is 8.75. The van der Waals surface area contributed by atoms with Crippen LogP contribution in [0.2, 0.25) is 0 Å². The highest BCUT2D eigenvalue weighted by molar-refractivity contribution is 5.98. The first kappa shape index (κ1) is 29.8. The molecule has 1 atom stereocenters. The molecular formula is C26H27ClF3N3O6. The molecule has 1 amide bonds. The summed E-state index contributed by atoms with van der Waals surface area (Å²) in [6.07, 6.45) is 2.02. The number of nitrogens with two attached hydrogens (primary N) is 1. The van der Waals surface area contributed by atoms with Crippen molar-refractivity contribution in [2.75, 3.05) is 13.7 Å². The van der Waals surface area contributed by atoms with E-state index in [0.29, 0.717) is 18.1 Å². The molecule has 0 aliphatic heterocycles. The van der Waals surface area contributed by atoms with Crippen molar-refractivity contribution in [2.45, 2.75) is 39.0 Å². The second-order valence-electron chi connectivity index (χ2n) is 8.75. The maximum atomic E-state index is 14.7. The molecule has 1 aromatic heterocycles. The molecule has 1 aliphatic rings. The third-order valence-corrected chi connectivity index (χ3v) is 5.78. The third kappa shape index (κ3) is 7.21. The Morgan fingerprint density at radius 3 is 2.54 bits per heavy atom. The maximum absolute atomic E-state index is 14.7. The lowest BCUT2D eigenvalue weighted by Crippen LogP contribution is -2.25. The van der Waals surface area contributed by atoms with Crippen LogP contribution in [0.1, 0.15) is 58.0 Å². The minimum absolute atomic E-state index is 0. The number of ether oxygens (including phenoxy) is 3. The number of carbonyl (C=O) groups is 2. The summed E-state index contributed by atoms with van der Waals surface area (Å²) in [5, 5.41) is 2.54. The SMILES string of the molecule is COC(=O)c1cccc(C(=O)NCc2nc(-c3ccc(OC(F)F)c(OCC4CC4)c3)oc2[C@H](C)N)c1F.Cl. The number of methoxy groups -OCH3 is 1. The summed E-state index contributed by atoms with van der Waals surface area (Å²) in [7, 11) is 1.10. The summed E-state index contributed by atoms with van der Waals surface area (Å²) >= 11 is 0. The Hall–Kier alpha value is -3.77. The van der Waals surface area contributed by atoms with Gasteiger partial charge in [0, 0.05) is 5.56 Å². The third-order valence-electron chi connectivity index (χ3n) is 5.78. The number of carbonyl (C=O) groups excluding carboxylic acids is 2. The van der Waals surface area contributed by atoms with E-state index in [1.165, 1.54) is 36.4 Å². The Kier molecular flexibility index (Phi) is 9.81. The number of aromatic nitrogens is 1. The van der Waals surface area contributed by atoms with Gasteiger partial charge >= 0.3 is 12.6 Å². The fraction of sp³-hybridized carbons (Fsp3) is 0.346. The molecular weight excluding hydrogens is 543 g/mol. The standard InChI is InChI=1S/C26H26F3N3O6.ClH/c1-13(30)22-18(11-31-23(33)16-4-3-5-17(21(16)27)25(34)35-2)32-24(38-22)15-8-9-19(37-26(28)29)20(10-15)36-12-14-6-7-14;/h3-5,8-10,13-14,26H,6-7,11-12,30H2,1-2H3,(H,31,33);1H/t13-;/m0./s1. The van der Waals surface area contributed by atoms with Crippen LogP contribution in [0.4, 0.5) is 13.2 Å². The van der Waals surface area contributed by atoms with E-state index in [4.69, 9.17) is 14.9 Å². The van der Waals surface area contributed by atoms with Crippen LogP contribution in [0, 0.1) is 11.7 Å².